The van der Waals surface area contributed by atoms with Gasteiger partial charge in [0.2, 0.25) is 0 Å². The van der Waals surface area contributed by atoms with E-state index in [4.69, 9.17) is 19.7 Å². The molecule has 0 unspecified atom stereocenters. The largest absolute Gasteiger partial charge is 0.374 e. The molecule has 4 aromatic rings. The van der Waals surface area contributed by atoms with E-state index in [0.717, 1.165) is 40.4 Å². The van der Waals surface area contributed by atoms with E-state index in [-0.39, 0.29) is 5.41 Å². The minimum atomic E-state index is 0.138. The molecule has 3 aromatic heterocycles. The number of rotatable bonds is 6. The molecular weight excluding hydrogens is 424 g/mol. The van der Waals surface area contributed by atoms with Gasteiger partial charge in [0.05, 0.1) is 16.8 Å². The monoisotopic (exact) mass is 454 g/mol. The van der Waals surface area contributed by atoms with Crippen LogP contribution in [0.1, 0.15) is 37.7 Å². The fourth-order valence-corrected chi connectivity index (χ4v) is 4.69. The van der Waals surface area contributed by atoms with Crippen LogP contribution in [0.3, 0.4) is 0 Å². The second-order valence-electron chi connectivity index (χ2n) is 9.46. The molecule has 7 heteroatoms. The Morgan fingerprint density at radius 2 is 1.94 bits per heavy atom. The first-order chi connectivity index (χ1) is 16.4. The normalized spacial score (nSPS) is 14.4. The fourth-order valence-electron chi connectivity index (χ4n) is 4.69. The molecule has 0 saturated heterocycles. The van der Waals surface area contributed by atoms with Crippen LogP contribution in [-0.4, -0.2) is 40.1 Å². The van der Waals surface area contributed by atoms with Crippen LogP contribution in [0.25, 0.3) is 22.4 Å². The zero-order valence-corrected chi connectivity index (χ0v) is 20.4. The van der Waals surface area contributed by atoms with E-state index < -0.39 is 0 Å². The summed E-state index contributed by atoms with van der Waals surface area (Å²) in [6.45, 7) is 10.5. The summed E-state index contributed by atoms with van der Waals surface area (Å²) < 4.78 is 5.61. The number of nitrogens with one attached hydrogen (secondary N) is 1. The molecule has 174 valence electrons. The van der Waals surface area contributed by atoms with Crippen molar-refractivity contribution in [1.29, 1.82) is 0 Å². The van der Waals surface area contributed by atoms with E-state index in [9.17, 15) is 0 Å². The van der Waals surface area contributed by atoms with Gasteiger partial charge in [-0.2, -0.15) is 0 Å². The topological polar surface area (TPSA) is 76.1 Å². The predicted octanol–water partition coefficient (Wildman–Crippen LogP) is 5.40. The molecule has 1 aliphatic heterocycles. The van der Waals surface area contributed by atoms with Crippen LogP contribution in [0, 0.1) is 6.92 Å². The number of hydrogen-bond acceptors (Lipinski definition) is 7. The molecule has 34 heavy (non-hydrogen) atoms. The van der Waals surface area contributed by atoms with Gasteiger partial charge in [0.25, 0.3) is 0 Å². The van der Waals surface area contributed by atoms with Crippen molar-refractivity contribution < 1.29 is 4.74 Å². The van der Waals surface area contributed by atoms with Crippen LogP contribution in [-0.2, 0) is 16.8 Å². The lowest BCUT2D eigenvalue weighted by atomic mass is 9.87. The zero-order valence-electron chi connectivity index (χ0n) is 20.4. The highest BCUT2D eigenvalue weighted by atomic mass is 16.5. The van der Waals surface area contributed by atoms with Crippen LogP contribution >= 0.6 is 0 Å². The Bertz CT molecular complexity index is 1370. The summed E-state index contributed by atoms with van der Waals surface area (Å²) in [5, 5.41) is 4.38. The van der Waals surface area contributed by atoms with E-state index in [1.165, 1.54) is 11.3 Å². The van der Waals surface area contributed by atoms with Gasteiger partial charge in [-0.1, -0.05) is 26.0 Å². The van der Waals surface area contributed by atoms with Gasteiger partial charge in [-0.25, -0.2) is 15.0 Å². The number of fused-ring (bicyclic) bond motifs is 2. The summed E-state index contributed by atoms with van der Waals surface area (Å²) in [7, 11) is 2.14. The Labute approximate surface area is 200 Å². The van der Waals surface area contributed by atoms with Gasteiger partial charge in [-0.05, 0) is 55.3 Å². The van der Waals surface area contributed by atoms with Crippen molar-refractivity contribution >= 4 is 28.2 Å². The lowest BCUT2D eigenvalue weighted by Gasteiger charge is -2.18. The molecule has 4 heterocycles. The van der Waals surface area contributed by atoms with Gasteiger partial charge in [-0.3, -0.25) is 4.98 Å². The van der Waals surface area contributed by atoms with Gasteiger partial charge in [0.15, 0.2) is 11.5 Å². The number of nitrogens with zero attached hydrogens (tertiary/aromatic N) is 5. The average molecular weight is 455 g/mol. The van der Waals surface area contributed by atoms with E-state index in [0.29, 0.717) is 24.7 Å². The number of aryl methyl sites for hydroxylation is 1. The third-order valence-corrected chi connectivity index (χ3v) is 6.33. The van der Waals surface area contributed by atoms with E-state index in [1.54, 1.807) is 6.20 Å². The number of hydrogen-bond donors (Lipinski definition) is 1. The van der Waals surface area contributed by atoms with Gasteiger partial charge in [0, 0.05) is 43.2 Å². The maximum absolute atomic E-state index is 5.61. The van der Waals surface area contributed by atoms with Crippen LogP contribution in [0.15, 0.2) is 48.7 Å². The molecule has 1 N–H and O–H groups in total. The minimum Gasteiger partial charge on any atom is -0.374 e. The number of ether oxygens (including phenoxy) is 1. The van der Waals surface area contributed by atoms with E-state index in [1.807, 2.05) is 38.1 Å². The SMILES string of the molecule is CCOCc1nc(Nc2ccc3c(c2)N(C)CC3(C)C)c2ccc(-c3ncccc3C)nc2n1. The Balaban J connectivity index is 1.57. The first-order valence-electron chi connectivity index (χ1n) is 11.7. The van der Waals surface area contributed by atoms with E-state index >= 15 is 0 Å². The molecular formula is C27H30N6O. The van der Waals surface area contributed by atoms with Gasteiger partial charge < -0.3 is 15.0 Å². The summed E-state index contributed by atoms with van der Waals surface area (Å²) in [6.07, 6.45) is 1.79. The summed E-state index contributed by atoms with van der Waals surface area (Å²) in [5.41, 5.74) is 7.06. The number of anilines is 3. The van der Waals surface area contributed by atoms with Gasteiger partial charge in [0.1, 0.15) is 12.4 Å². The van der Waals surface area contributed by atoms with Gasteiger partial charge in [-0.15, -0.1) is 0 Å². The van der Waals surface area contributed by atoms with Crippen molar-refractivity contribution in [2.45, 2.75) is 39.7 Å². The number of aromatic nitrogens is 4. The Kier molecular flexibility index (Phi) is 5.65. The third-order valence-electron chi connectivity index (χ3n) is 6.33. The second-order valence-corrected chi connectivity index (χ2v) is 9.46. The number of benzene rings is 1. The van der Waals surface area contributed by atoms with Crippen LogP contribution < -0.4 is 10.2 Å². The molecule has 0 saturated carbocycles. The van der Waals surface area contributed by atoms with Crippen LogP contribution in [0.4, 0.5) is 17.2 Å². The molecule has 0 aliphatic carbocycles. The van der Waals surface area contributed by atoms with Crippen molar-refractivity contribution in [3.63, 3.8) is 0 Å². The number of pyridine rings is 2. The molecule has 0 amide bonds. The molecule has 1 aromatic carbocycles. The standard InChI is InChI=1S/C27H30N6O/c1-6-34-15-23-31-25(29-18-9-11-20-22(14-18)33(5)16-27(20,3)4)19-10-12-21(30-26(19)32-23)24-17(2)8-7-13-28-24/h7-14H,6,15-16H2,1-5H3,(H,29,30,31,32). The molecule has 0 bridgehead atoms. The van der Waals surface area contributed by atoms with Crippen molar-refractivity contribution in [3.05, 3.63) is 65.6 Å². The second kappa shape index (κ2) is 8.65. The quantitative estimate of drug-likeness (QED) is 0.418. The predicted molar refractivity (Wildman–Crippen MR) is 137 cm³/mol. The zero-order chi connectivity index (χ0) is 23.9. The lowest BCUT2D eigenvalue weighted by Crippen LogP contribution is -2.24. The highest BCUT2D eigenvalue weighted by Crippen LogP contribution is 2.41. The van der Waals surface area contributed by atoms with Crippen molar-refractivity contribution in [3.8, 4) is 11.4 Å². The Morgan fingerprint density at radius 1 is 1.09 bits per heavy atom. The summed E-state index contributed by atoms with van der Waals surface area (Å²) in [6, 6.07) is 14.5. The minimum absolute atomic E-state index is 0.138. The molecule has 1 aliphatic rings. The number of likely N-dealkylation sites (N-methyl/N-ethyl adjacent to an activating group) is 1. The molecule has 0 radical (unpaired) electrons. The summed E-state index contributed by atoms with van der Waals surface area (Å²) in [5.74, 6) is 1.31. The molecule has 5 rings (SSSR count). The van der Waals surface area contributed by atoms with Gasteiger partial charge >= 0.3 is 0 Å². The Hall–Kier alpha value is -3.58. The van der Waals surface area contributed by atoms with Crippen molar-refractivity contribution in [2.24, 2.45) is 0 Å². The average Bonchev–Trinajstić information content (AvgIpc) is 3.05. The summed E-state index contributed by atoms with van der Waals surface area (Å²) in [4.78, 5) is 21.2. The maximum Gasteiger partial charge on any atom is 0.165 e. The smallest absolute Gasteiger partial charge is 0.165 e. The molecule has 0 fully saturated rings. The van der Waals surface area contributed by atoms with Crippen molar-refractivity contribution in [2.75, 3.05) is 30.4 Å². The molecule has 0 spiro atoms. The molecule has 7 nitrogen and oxygen atoms in total. The first kappa shape index (κ1) is 22.2. The van der Waals surface area contributed by atoms with Crippen LogP contribution in [0.2, 0.25) is 0 Å². The third kappa shape index (κ3) is 4.07. The Morgan fingerprint density at radius 3 is 2.74 bits per heavy atom. The van der Waals surface area contributed by atoms with Crippen molar-refractivity contribution in [1.82, 2.24) is 19.9 Å². The summed E-state index contributed by atoms with van der Waals surface area (Å²) >= 11 is 0. The van der Waals surface area contributed by atoms with E-state index in [2.05, 4.69) is 54.3 Å². The maximum atomic E-state index is 5.61. The lowest BCUT2D eigenvalue weighted by molar-refractivity contribution is 0.128. The highest BCUT2D eigenvalue weighted by molar-refractivity contribution is 5.90. The first-order valence-corrected chi connectivity index (χ1v) is 11.7. The highest BCUT2D eigenvalue weighted by Gasteiger charge is 2.33. The fraction of sp³-hybridized carbons (Fsp3) is 0.333. The van der Waals surface area contributed by atoms with Crippen LogP contribution in [0.5, 0.6) is 0 Å². The molecule has 0 atom stereocenters.